The maximum absolute atomic E-state index is 11.0. The van der Waals surface area contributed by atoms with E-state index in [4.69, 9.17) is 21.1 Å². The molecule has 1 aromatic rings. The first-order valence-electron chi connectivity index (χ1n) is 4.26. The van der Waals surface area contributed by atoms with E-state index in [9.17, 15) is 4.79 Å². The second kappa shape index (κ2) is 3.50. The van der Waals surface area contributed by atoms with E-state index in [0.717, 1.165) is 17.7 Å². The molecule has 0 fully saturated rings. The molecule has 74 valence electrons. The summed E-state index contributed by atoms with van der Waals surface area (Å²) in [6.07, 6.45) is 0.795. The van der Waals surface area contributed by atoms with E-state index in [1.165, 1.54) is 0 Å². The highest BCUT2D eigenvalue weighted by atomic mass is 35.5. The van der Waals surface area contributed by atoms with Crippen LogP contribution in [0.2, 0.25) is 0 Å². The third-order valence-corrected chi connectivity index (χ3v) is 2.41. The van der Waals surface area contributed by atoms with Crippen molar-refractivity contribution in [1.82, 2.24) is 0 Å². The maximum atomic E-state index is 11.0. The number of carbonyl (C=O) groups is 1. The molecule has 0 atom stereocenters. The molecule has 14 heavy (non-hydrogen) atoms. The predicted octanol–water partition coefficient (Wildman–Crippen LogP) is 2.01. The number of halogens is 1. The lowest BCUT2D eigenvalue weighted by atomic mass is 10.1. The molecule has 0 N–H and O–H groups in total. The van der Waals surface area contributed by atoms with Crippen LogP contribution < -0.4 is 9.47 Å². The molecule has 0 radical (unpaired) electrons. The van der Waals surface area contributed by atoms with Gasteiger partial charge in [-0.05, 0) is 23.7 Å². The van der Waals surface area contributed by atoms with Crippen LogP contribution in [0.15, 0.2) is 12.1 Å². The van der Waals surface area contributed by atoms with Crippen LogP contribution >= 0.6 is 11.6 Å². The Labute approximate surface area is 86.6 Å². The van der Waals surface area contributed by atoms with Gasteiger partial charge in [-0.15, -0.1) is 0 Å². The zero-order valence-electron chi connectivity index (χ0n) is 7.67. The Morgan fingerprint density at radius 3 is 3.00 bits per heavy atom. The molecule has 1 aliphatic rings. The normalized spacial score (nSPS) is 13.3. The molecule has 1 aliphatic heterocycles. The molecule has 1 aromatic carbocycles. The number of carbonyl (C=O) groups excluding carboxylic acids is 1. The van der Waals surface area contributed by atoms with Gasteiger partial charge in [-0.3, -0.25) is 4.79 Å². The van der Waals surface area contributed by atoms with Crippen molar-refractivity contribution in [3.63, 3.8) is 0 Å². The van der Waals surface area contributed by atoms with Gasteiger partial charge in [-0.2, -0.15) is 0 Å². The summed E-state index contributed by atoms with van der Waals surface area (Å²) in [7, 11) is 1.54. The zero-order valence-corrected chi connectivity index (χ0v) is 8.43. The Morgan fingerprint density at radius 2 is 2.36 bits per heavy atom. The third kappa shape index (κ3) is 1.44. The SMILES string of the molecule is COc1cc(C(=O)Cl)cc2c1OCC2. The topological polar surface area (TPSA) is 35.5 Å². The molecular weight excluding hydrogens is 204 g/mol. The lowest BCUT2D eigenvalue weighted by molar-refractivity contribution is 0.108. The lowest BCUT2D eigenvalue weighted by Gasteiger charge is -2.07. The highest BCUT2D eigenvalue weighted by Crippen LogP contribution is 2.36. The average molecular weight is 213 g/mol. The molecule has 0 bridgehead atoms. The van der Waals surface area contributed by atoms with Crippen LogP contribution in [0.5, 0.6) is 11.5 Å². The third-order valence-electron chi connectivity index (χ3n) is 2.20. The molecule has 0 saturated heterocycles. The molecule has 3 nitrogen and oxygen atoms in total. The van der Waals surface area contributed by atoms with Gasteiger partial charge in [0.15, 0.2) is 11.5 Å². The highest BCUT2D eigenvalue weighted by Gasteiger charge is 2.19. The summed E-state index contributed by atoms with van der Waals surface area (Å²) in [4.78, 5) is 11.0. The van der Waals surface area contributed by atoms with Crippen molar-refractivity contribution >= 4 is 16.8 Å². The van der Waals surface area contributed by atoms with Gasteiger partial charge in [0.2, 0.25) is 0 Å². The lowest BCUT2D eigenvalue weighted by Crippen LogP contribution is -1.94. The average Bonchev–Trinajstić information content (AvgIpc) is 2.63. The van der Waals surface area contributed by atoms with E-state index in [1.807, 2.05) is 0 Å². The summed E-state index contributed by atoms with van der Waals surface area (Å²) in [6.45, 7) is 0.631. The standard InChI is InChI=1S/C10H9ClO3/c1-13-8-5-7(10(11)12)4-6-2-3-14-9(6)8/h4-5H,2-3H2,1H3. The molecule has 0 aromatic heterocycles. The summed E-state index contributed by atoms with van der Waals surface area (Å²) in [5, 5.41) is -0.474. The fourth-order valence-corrected chi connectivity index (χ4v) is 1.65. The van der Waals surface area contributed by atoms with E-state index in [2.05, 4.69) is 0 Å². The summed E-state index contributed by atoms with van der Waals surface area (Å²) in [5.74, 6) is 1.30. The predicted molar refractivity (Wildman–Crippen MR) is 52.4 cm³/mol. The van der Waals surface area contributed by atoms with Crippen LogP contribution in [0.4, 0.5) is 0 Å². The first-order chi connectivity index (χ1) is 6.72. The van der Waals surface area contributed by atoms with Crippen LogP contribution in [0.25, 0.3) is 0 Å². The van der Waals surface area contributed by atoms with Crippen molar-refractivity contribution in [2.24, 2.45) is 0 Å². The van der Waals surface area contributed by atoms with Gasteiger partial charge >= 0.3 is 0 Å². The minimum atomic E-state index is -0.474. The molecule has 0 amide bonds. The highest BCUT2D eigenvalue weighted by molar-refractivity contribution is 6.67. The molecule has 0 aliphatic carbocycles. The molecule has 0 saturated carbocycles. The molecule has 1 heterocycles. The van der Waals surface area contributed by atoms with Crippen molar-refractivity contribution in [2.45, 2.75) is 6.42 Å². The number of rotatable bonds is 2. The van der Waals surface area contributed by atoms with Crippen LogP contribution in [0.1, 0.15) is 15.9 Å². The fraction of sp³-hybridized carbons (Fsp3) is 0.300. The summed E-state index contributed by atoms with van der Waals surface area (Å²) >= 11 is 5.40. The van der Waals surface area contributed by atoms with Crippen molar-refractivity contribution in [1.29, 1.82) is 0 Å². The van der Waals surface area contributed by atoms with Crippen molar-refractivity contribution in [3.8, 4) is 11.5 Å². The number of benzene rings is 1. The van der Waals surface area contributed by atoms with E-state index in [1.54, 1.807) is 19.2 Å². The van der Waals surface area contributed by atoms with Gasteiger partial charge in [0, 0.05) is 17.5 Å². The first-order valence-corrected chi connectivity index (χ1v) is 4.63. The van der Waals surface area contributed by atoms with Crippen molar-refractivity contribution < 1.29 is 14.3 Å². The van der Waals surface area contributed by atoms with Crippen LogP contribution in [0, 0.1) is 0 Å². The Hall–Kier alpha value is -1.22. The summed E-state index contributed by atoms with van der Waals surface area (Å²) in [5.41, 5.74) is 1.43. The minimum absolute atomic E-state index is 0.452. The second-order valence-corrected chi connectivity index (χ2v) is 3.38. The number of fused-ring (bicyclic) bond motifs is 1. The number of hydrogen-bond donors (Lipinski definition) is 0. The zero-order chi connectivity index (χ0) is 10.1. The van der Waals surface area contributed by atoms with Crippen LogP contribution in [-0.4, -0.2) is 19.0 Å². The van der Waals surface area contributed by atoms with Gasteiger partial charge in [-0.1, -0.05) is 0 Å². The van der Waals surface area contributed by atoms with E-state index < -0.39 is 5.24 Å². The molecule has 2 rings (SSSR count). The molecule has 0 unspecified atom stereocenters. The monoisotopic (exact) mass is 212 g/mol. The van der Waals surface area contributed by atoms with Crippen molar-refractivity contribution in [2.75, 3.05) is 13.7 Å². The smallest absolute Gasteiger partial charge is 0.252 e. The Bertz CT molecular complexity index is 387. The fourth-order valence-electron chi connectivity index (χ4n) is 1.54. The Morgan fingerprint density at radius 1 is 1.57 bits per heavy atom. The van der Waals surface area contributed by atoms with E-state index >= 15 is 0 Å². The summed E-state index contributed by atoms with van der Waals surface area (Å²) in [6, 6.07) is 3.35. The van der Waals surface area contributed by atoms with Gasteiger partial charge in [-0.25, -0.2) is 0 Å². The maximum Gasteiger partial charge on any atom is 0.252 e. The number of hydrogen-bond acceptors (Lipinski definition) is 3. The van der Waals surface area contributed by atoms with Gasteiger partial charge < -0.3 is 9.47 Å². The molecule has 4 heteroatoms. The number of methoxy groups -OCH3 is 1. The van der Waals surface area contributed by atoms with E-state index in [0.29, 0.717) is 17.9 Å². The van der Waals surface area contributed by atoms with Crippen LogP contribution in [-0.2, 0) is 6.42 Å². The Balaban J connectivity index is 2.54. The molecular formula is C10H9ClO3. The quantitative estimate of drug-likeness (QED) is 0.704. The minimum Gasteiger partial charge on any atom is -0.493 e. The van der Waals surface area contributed by atoms with Crippen molar-refractivity contribution in [3.05, 3.63) is 23.3 Å². The summed E-state index contributed by atoms with van der Waals surface area (Å²) < 4.78 is 10.5. The Kier molecular flexibility index (Phi) is 2.33. The van der Waals surface area contributed by atoms with Gasteiger partial charge in [0.05, 0.1) is 13.7 Å². The number of ether oxygens (including phenoxy) is 2. The van der Waals surface area contributed by atoms with E-state index in [-0.39, 0.29) is 0 Å². The first kappa shape index (κ1) is 9.34. The van der Waals surface area contributed by atoms with Crippen LogP contribution in [0.3, 0.4) is 0 Å². The van der Waals surface area contributed by atoms with Gasteiger partial charge in [0.25, 0.3) is 5.24 Å². The molecule has 0 spiro atoms. The second-order valence-electron chi connectivity index (χ2n) is 3.04. The van der Waals surface area contributed by atoms with Gasteiger partial charge in [0.1, 0.15) is 0 Å². The largest absolute Gasteiger partial charge is 0.493 e.